The van der Waals surface area contributed by atoms with E-state index in [0.717, 1.165) is 32.5 Å². The van der Waals surface area contributed by atoms with Gasteiger partial charge < -0.3 is 0 Å². The standard InChI is InChI=1S/C18H12O/c1-11-10-12-6-2-3-8-14-13-7-4-5-9-15(13)18(19)16(11)17(12)14/h2-10H,1H3. The first-order valence-corrected chi connectivity index (χ1v) is 6.44. The van der Waals surface area contributed by atoms with Gasteiger partial charge in [0.25, 0.3) is 0 Å². The van der Waals surface area contributed by atoms with E-state index in [-0.39, 0.29) is 5.43 Å². The lowest BCUT2D eigenvalue weighted by molar-refractivity contribution is 1.58. The van der Waals surface area contributed by atoms with Gasteiger partial charge in [0.15, 0.2) is 5.43 Å². The van der Waals surface area contributed by atoms with Gasteiger partial charge in [-0.2, -0.15) is 0 Å². The highest BCUT2D eigenvalue weighted by atomic mass is 16.1. The van der Waals surface area contributed by atoms with Crippen LogP contribution in [0.15, 0.2) is 59.4 Å². The minimum Gasteiger partial charge on any atom is -0.289 e. The molecule has 0 fully saturated rings. The summed E-state index contributed by atoms with van der Waals surface area (Å²) < 4.78 is 0. The summed E-state index contributed by atoms with van der Waals surface area (Å²) in [5, 5.41) is 6.16. The van der Waals surface area contributed by atoms with E-state index in [1.54, 1.807) is 0 Å². The molecule has 0 unspecified atom stereocenters. The van der Waals surface area contributed by atoms with E-state index in [2.05, 4.69) is 18.2 Å². The fraction of sp³-hybridized carbons (Fsp3) is 0.0556. The van der Waals surface area contributed by atoms with Gasteiger partial charge in [-0.25, -0.2) is 0 Å². The molecule has 4 rings (SSSR count). The van der Waals surface area contributed by atoms with Crippen molar-refractivity contribution in [3.63, 3.8) is 0 Å². The number of hydrogen-bond donors (Lipinski definition) is 0. The predicted octanol–water partition coefficient (Wildman–Crippen LogP) is 4.25. The molecule has 0 aliphatic rings. The van der Waals surface area contributed by atoms with Crippen LogP contribution in [0, 0.1) is 6.92 Å². The molecule has 1 heteroatoms. The summed E-state index contributed by atoms with van der Waals surface area (Å²) in [5.41, 5.74) is 1.23. The Morgan fingerprint density at radius 3 is 2.16 bits per heavy atom. The Kier molecular flexibility index (Phi) is 1.96. The molecule has 0 spiro atoms. The van der Waals surface area contributed by atoms with Crippen LogP contribution in [-0.2, 0) is 0 Å². The van der Waals surface area contributed by atoms with Gasteiger partial charge in [-0.15, -0.1) is 0 Å². The second kappa shape index (κ2) is 3.55. The van der Waals surface area contributed by atoms with Gasteiger partial charge in [0.1, 0.15) is 0 Å². The highest BCUT2D eigenvalue weighted by Crippen LogP contribution is 2.32. The van der Waals surface area contributed by atoms with E-state index in [0.29, 0.717) is 0 Å². The molecule has 0 saturated heterocycles. The molecule has 0 aromatic heterocycles. The highest BCUT2D eigenvalue weighted by molar-refractivity contribution is 6.22. The lowest BCUT2D eigenvalue weighted by Gasteiger charge is -2.02. The lowest BCUT2D eigenvalue weighted by Crippen LogP contribution is -2.01. The molecular formula is C18H12O. The van der Waals surface area contributed by atoms with E-state index >= 15 is 0 Å². The second-order valence-corrected chi connectivity index (χ2v) is 5.04. The van der Waals surface area contributed by atoms with Crippen LogP contribution in [0.3, 0.4) is 0 Å². The molecule has 19 heavy (non-hydrogen) atoms. The molecule has 4 aromatic rings. The average molecular weight is 244 g/mol. The fourth-order valence-electron chi connectivity index (χ4n) is 3.10. The number of hydrogen-bond acceptors (Lipinski definition) is 1. The zero-order valence-corrected chi connectivity index (χ0v) is 10.6. The van der Waals surface area contributed by atoms with Crippen LogP contribution < -0.4 is 5.43 Å². The monoisotopic (exact) mass is 244 g/mol. The van der Waals surface area contributed by atoms with Crippen molar-refractivity contribution in [3.05, 3.63) is 70.4 Å². The maximum Gasteiger partial charge on any atom is 0.194 e. The molecule has 0 bridgehead atoms. The van der Waals surface area contributed by atoms with Crippen molar-refractivity contribution < 1.29 is 0 Å². The predicted molar refractivity (Wildman–Crippen MR) is 81.2 cm³/mol. The van der Waals surface area contributed by atoms with Crippen LogP contribution in [-0.4, -0.2) is 0 Å². The van der Waals surface area contributed by atoms with Gasteiger partial charge >= 0.3 is 0 Å². The Hall–Kier alpha value is -2.41. The Morgan fingerprint density at radius 1 is 0.737 bits per heavy atom. The van der Waals surface area contributed by atoms with Crippen LogP contribution in [0.2, 0.25) is 0 Å². The fourth-order valence-corrected chi connectivity index (χ4v) is 3.10. The highest BCUT2D eigenvalue weighted by Gasteiger charge is 2.13. The van der Waals surface area contributed by atoms with Gasteiger partial charge in [0.05, 0.1) is 0 Å². The number of rotatable bonds is 0. The molecule has 0 saturated carbocycles. The van der Waals surface area contributed by atoms with Crippen LogP contribution >= 0.6 is 0 Å². The van der Waals surface area contributed by atoms with Crippen molar-refractivity contribution in [1.29, 1.82) is 0 Å². The molecule has 0 heterocycles. The Morgan fingerprint density at radius 2 is 1.37 bits per heavy atom. The smallest absolute Gasteiger partial charge is 0.194 e. The maximum atomic E-state index is 12.7. The molecule has 90 valence electrons. The van der Waals surface area contributed by atoms with Gasteiger partial charge in [-0.1, -0.05) is 54.6 Å². The second-order valence-electron chi connectivity index (χ2n) is 5.04. The largest absolute Gasteiger partial charge is 0.289 e. The molecule has 0 amide bonds. The van der Waals surface area contributed by atoms with Crippen molar-refractivity contribution in [2.45, 2.75) is 6.92 Å². The number of fused-ring (bicyclic) bond motifs is 2. The van der Waals surface area contributed by atoms with Crippen LogP contribution in [0.25, 0.3) is 32.3 Å². The van der Waals surface area contributed by atoms with Crippen molar-refractivity contribution >= 4 is 32.3 Å². The normalized spacial score (nSPS) is 11.6. The third-order valence-electron chi connectivity index (χ3n) is 3.91. The summed E-state index contributed by atoms with van der Waals surface area (Å²) in [6, 6.07) is 18.3. The van der Waals surface area contributed by atoms with E-state index < -0.39 is 0 Å². The summed E-state index contributed by atoms with van der Waals surface area (Å²) in [5.74, 6) is 0. The summed E-state index contributed by atoms with van der Waals surface area (Å²) in [6.45, 7) is 2.02. The minimum absolute atomic E-state index is 0.154. The van der Waals surface area contributed by atoms with Crippen molar-refractivity contribution in [2.24, 2.45) is 0 Å². The van der Waals surface area contributed by atoms with E-state index in [4.69, 9.17) is 0 Å². The Labute approximate surface area is 110 Å². The summed E-state index contributed by atoms with van der Waals surface area (Å²) in [7, 11) is 0. The van der Waals surface area contributed by atoms with Crippen molar-refractivity contribution in [2.75, 3.05) is 0 Å². The quantitative estimate of drug-likeness (QED) is 0.452. The first kappa shape index (κ1) is 10.5. The molecule has 0 atom stereocenters. The third kappa shape index (κ3) is 1.27. The topological polar surface area (TPSA) is 17.1 Å². The van der Waals surface area contributed by atoms with Crippen LogP contribution in [0.1, 0.15) is 5.56 Å². The molecular weight excluding hydrogens is 232 g/mol. The Bertz CT molecular complexity index is 983. The summed E-state index contributed by atoms with van der Waals surface area (Å²) in [4.78, 5) is 12.7. The lowest BCUT2D eigenvalue weighted by atomic mass is 10.00. The van der Waals surface area contributed by atoms with Gasteiger partial charge in [0.2, 0.25) is 0 Å². The number of aryl methyl sites for hydroxylation is 1. The molecule has 0 N–H and O–H groups in total. The van der Waals surface area contributed by atoms with E-state index in [1.165, 1.54) is 5.39 Å². The van der Waals surface area contributed by atoms with E-state index in [1.807, 2.05) is 43.3 Å². The average Bonchev–Trinajstić information content (AvgIpc) is 2.62. The minimum atomic E-state index is 0.154. The van der Waals surface area contributed by atoms with Crippen LogP contribution in [0.5, 0.6) is 0 Å². The molecule has 4 aromatic carbocycles. The van der Waals surface area contributed by atoms with Gasteiger partial charge in [-0.05, 0) is 28.6 Å². The summed E-state index contributed by atoms with van der Waals surface area (Å²) >= 11 is 0. The van der Waals surface area contributed by atoms with Crippen molar-refractivity contribution in [1.82, 2.24) is 0 Å². The Balaban J connectivity index is 2.55. The van der Waals surface area contributed by atoms with E-state index in [9.17, 15) is 4.79 Å². The number of benzene rings is 2. The first-order valence-electron chi connectivity index (χ1n) is 6.44. The zero-order chi connectivity index (χ0) is 13.0. The third-order valence-corrected chi connectivity index (χ3v) is 3.91. The summed E-state index contributed by atoms with van der Waals surface area (Å²) in [6.07, 6.45) is 0. The van der Waals surface area contributed by atoms with Crippen molar-refractivity contribution in [3.8, 4) is 0 Å². The molecule has 0 aliphatic heterocycles. The molecule has 0 radical (unpaired) electrons. The molecule has 0 aliphatic carbocycles. The van der Waals surface area contributed by atoms with Crippen LogP contribution in [0.4, 0.5) is 0 Å². The van der Waals surface area contributed by atoms with Gasteiger partial charge in [-0.3, -0.25) is 4.79 Å². The van der Waals surface area contributed by atoms with Gasteiger partial charge in [0, 0.05) is 16.2 Å². The SMILES string of the molecule is Cc1cc2ccccc3c4ccccc4c(=O)c1c23. The zero-order valence-electron chi connectivity index (χ0n) is 10.6. The molecule has 1 nitrogen and oxygen atoms in total. The first-order chi connectivity index (χ1) is 9.27. The maximum absolute atomic E-state index is 12.7.